The zero-order valence-corrected chi connectivity index (χ0v) is 14.7. The Kier molecular flexibility index (Phi) is 5.30. The summed E-state index contributed by atoms with van der Waals surface area (Å²) >= 11 is 17.1. The molecule has 0 spiro atoms. The largest absolute Gasteiger partial charge is 0.493 e. The average molecular weight is 380 g/mol. The van der Waals surface area contributed by atoms with Gasteiger partial charge in [-0.1, -0.05) is 35.3 Å². The number of aromatic hydroxyl groups is 1. The summed E-state index contributed by atoms with van der Waals surface area (Å²) in [6, 6.07) is 8.70. The number of hydrogen-bond donors (Lipinski definition) is 2. The zero-order valence-electron chi connectivity index (χ0n) is 12.4. The number of aromatic nitrogens is 2. The maximum Gasteiger partial charge on any atom is 0.220 e. The van der Waals surface area contributed by atoms with E-state index in [1.807, 2.05) is 12.1 Å². The van der Waals surface area contributed by atoms with Crippen molar-refractivity contribution in [2.45, 2.75) is 12.8 Å². The van der Waals surface area contributed by atoms with Crippen LogP contribution in [0.5, 0.6) is 5.88 Å². The topological polar surface area (TPSA) is 112 Å². The summed E-state index contributed by atoms with van der Waals surface area (Å²) < 4.78 is 0.970. The van der Waals surface area contributed by atoms with Gasteiger partial charge in [-0.2, -0.15) is 20.3 Å². The summed E-state index contributed by atoms with van der Waals surface area (Å²) in [5.41, 5.74) is 6.58. The van der Waals surface area contributed by atoms with E-state index >= 15 is 0 Å². The van der Waals surface area contributed by atoms with Gasteiger partial charge in [0.05, 0.1) is 27.9 Å². The molecule has 0 aliphatic heterocycles. The summed E-state index contributed by atoms with van der Waals surface area (Å²) in [6.45, 7) is 1.61. The Hall–Kier alpha value is -2.32. The van der Waals surface area contributed by atoms with Crippen molar-refractivity contribution in [1.82, 2.24) is 9.78 Å². The number of nitriles is 2. The predicted molar refractivity (Wildman–Crippen MR) is 93.8 cm³/mol. The molecule has 122 valence electrons. The van der Waals surface area contributed by atoms with Gasteiger partial charge in [-0.05, 0) is 30.8 Å². The first-order valence-electron chi connectivity index (χ1n) is 6.64. The number of thiocarbonyl (C=S) groups is 1. The highest BCUT2D eigenvalue weighted by Gasteiger charge is 2.34. The fourth-order valence-electron chi connectivity index (χ4n) is 2.49. The van der Waals surface area contributed by atoms with E-state index in [0.717, 1.165) is 4.68 Å². The van der Waals surface area contributed by atoms with Gasteiger partial charge < -0.3 is 10.8 Å². The van der Waals surface area contributed by atoms with Crippen molar-refractivity contribution in [2.75, 3.05) is 0 Å². The van der Waals surface area contributed by atoms with Crippen molar-refractivity contribution in [3.8, 4) is 18.0 Å². The Morgan fingerprint density at radius 3 is 2.50 bits per heavy atom. The van der Waals surface area contributed by atoms with Gasteiger partial charge in [0.25, 0.3) is 0 Å². The van der Waals surface area contributed by atoms with E-state index < -0.39 is 11.8 Å². The van der Waals surface area contributed by atoms with Crippen LogP contribution in [0.15, 0.2) is 18.2 Å². The number of hydrogen-bond acceptors (Lipinski definition) is 5. The lowest BCUT2D eigenvalue weighted by atomic mass is 9.82. The highest BCUT2D eigenvalue weighted by Crippen LogP contribution is 2.43. The van der Waals surface area contributed by atoms with Crippen LogP contribution in [-0.2, 0) is 0 Å². The average Bonchev–Trinajstić information content (AvgIpc) is 2.83. The Morgan fingerprint density at radius 2 is 2.00 bits per heavy atom. The van der Waals surface area contributed by atoms with Gasteiger partial charge in [0, 0.05) is 11.5 Å². The first-order chi connectivity index (χ1) is 11.3. The predicted octanol–water partition coefficient (Wildman–Crippen LogP) is 3.09. The Balaban J connectivity index is 2.80. The van der Waals surface area contributed by atoms with Crippen LogP contribution in [0.4, 0.5) is 0 Å². The number of nitrogens with two attached hydrogens (primary N) is 1. The second-order valence-corrected chi connectivity index (χ2v) is 6.13. The monoisotopic (exact) mass is 379 g/mol. The molecule has 2 rings (SSSR count). The summed E-state index contributed by atoms with van der Waals surface area (Å²) in [4.78, 5) is 0. The second kappa shape index (κ2) is 7.06. The third-order valence-electron chi connectivity index (χ3n) is 3.53. The van der Waals surface area contributed by atoms with Gasteiger partial charge >= 0.3 is 0 Å². The third kappa shape index (κ3) is 3.02. The number of nitrogens with zero attached hydrogens (tertiary/aromatic N) is 4. The van der Waals surface area contributed by atoms with E-state index in [-0.39, 0.29) is 26.6 Å². The highest BCUT2D eigenvalue weighted by atomic mass is 35.5. The van der Waals surface area contributed by atoms with Crippen LogP contribution in [0.1, 0.15) is 22.7 Å². The van der Waals surface area contributed by atoms with Crippen LogP contribution in [0.2, 0.25) is 10.0 Å². The number of rotatable bonds is 3. The van der Waals surface area contributed by atoms with Crippen molar-refractivity contribution in [1.29, 1.82) is 10.5 Å². The zero-order chi connectivity index (χ0) is 18.0. The van der Waals surface area contributed by atoms with Crippen molar-refractivity contribution >= 4 is 40.5 Å². The van der Waals surface area contributed by atoms with E-state index in [1.54, 1.807) is 25.1 Å². The van der Waals surface area contributed by atoms with Crippen LogP contribution in [0, 0.1) is 35.5 Å². The molecule has 0 bridgehead atoms. The SMILES string of the molecule is Cc1nn(C(N)=S)c(O)c1C(c1cccc(Cl)c1Cl)C(C#N)C#N. The van der Waals surface area contributed by atoms with Crippen LogP contribution in [0.25, 0.3) is 0 Å². The number of benzene rings is 1. The Morgan fingerprint density at radius 1 is 1.38 bits per heavy atom. The molecule has 1 aromatic heterocycles. The smallest absolute Gasteiger partial charge is 0.220 e. The van der Waals surface area contributed by atoms with E-state index in [4.69, 9.17) is 41.2 Å². The molecule has 1 unspecified atom stereocenters. The van der Waals surface area contributed by atoms with Gasteiger partial charge in [0.2, 0.25) is 5.88 Å². The Labute approximate surface area is 153 Å². The minimum absolute atomic E-state index is 0.164. The quantitative estimate of drug-likeness (QED) is 0.792. The van der Waals surface area contributed by atoms with Gasteiger partial charge in [0.15, 0.2) is 5.11 Å². The molecule has 2 aromatic rings. The van der Waals surface area contributed by atoms with E-state index in [1.165, 1.54) is 0 Å². The minimum Gasteiger partial charge on any atom is -0.493 e. The molecule has 24 heavy (non-hydrogen) atoms. The molecule has 0 radical (unpaired) electrons. The Bertz CT molecular complexity index is 882. The van der Waals surface area contributed by atoms with Gasteiger partial charge in [-0.15, -0.1) is 0 Å². The number of halogens is 2. The van der Waals surface area contributed by atoms with Crippen LogP contribution in [-0.4, -0.2) is 20.0 Å². The second-order valence-electron chi connectivity index (χ2n) is 4.93. The molecule has 1 heterocycles. The molecule has 3 N–H and O–H groups in total. The molecule has 0 saturated heterocycles. The van der Waals surface area contributed by atoms with Gasteiger partial charge in [-0.25, -0.2) is 0 Å². The number of aryl methyl sites for hydroxylation is 1. The molecule has 0 amide bonds. The van der Waals surface area contributed by atoms with Crippen LogP contribution < -0.4 is 5.73 Å². The summed E-state index contributed by atoms with van der Waals surface area (Å²) in [5, 5.41) is 33.6. The molecule has 0 saturated carbocycles. The molecule has 0 aliphatic rings. The summed E-state index contributed by atoms with van der Waals surface area (Å²) in [6.07, 6.45) is 0. The molecule has 1 aromatic carbocycles. The van der Waals surface area contributed by atoms with Gasteiger partial charge in [-0.3, -0.25) is 0 Å². The van der Waals surface area contributed by atoms with Gasteiger partial charge in [0.1, 0.15) is 5.92 Å². The normalized spacial score (nSPS) is 11.8. The fourth-order valence-corrected chi connectivity index (χ4v) is 3.04. The lowest BCUT2D eigenvalue weighted by molar-refractivity contribution is 0.429. The van der Waals surface area contributed by atoms with E-state index in [9.17, 15) is 15.6 Å². The summed E-state index contributed by atoms with van der Waals surface area (Å²) in [5.74, 6) is -2.33. The third-order valence-corrected chi connectivity index (χ3v) is 4.54. The molecular formula is C15H11Cl2N5OS. The lowest BCUT2D eigenvalue weighted by Gasteiger charge is -2.20. The molecule has 9 heteroatoms. The first-order valence-corrected chi connectivity index (χ1v) is 7.81. The molecular weight excluding hydrogens is 369 g/mol. The van der Waals surface area contributed by atoms with Crippen molar-refractivity contribution in [3.05, 3.63) is 45.1 Å². The highest BCUT2D eigenvalue weighted by molar-refractivity contribution is 7.80. The molecule has 6 nitrogen and oxygen atoms in total. The molecule has 0 fully saturated rings. The maximum atomic E-state index is 10.4. The van der Waals surface area contributed by atoms with Crippen molar-refractivity contribution in [2.24, 2.45) is 11.7 Å². The van der Waals surface area contributed by atoms with Crippen molar-refractivity contribution < 1.29 is 5.11 Å². The van der Waals surface area contributed by atoms with Crippen LogP contribution >= 0.6 is 35.4 Å². The standard InChI is InChI=1S/C15H11Cl2N5OS/c1-7-11(14(23)22(21-7)15(20)24)12(8(5-18)6-19)9-3-2-4-10(16)13(9)17/h2-4,8,12,23H,1H3,(H2,20,24). The fraction of sp³-hybridized carbons (Fsp3) is 0.200. The molecule has 1 atom stereocenters. The maximum absolute atomic E-state index is 10.4. The summed E-state index contributed by atoms with van der Waals surface area (Å²) in [7, 11) is 0. The van der Waals surface area contributed by atoms with E-state index in [0.29, 0.717) is 11.3 Å². The van der Waals surface area contributed by atoms with Crippen molar-refractivity contribution in [3.63, 3.8) is 0 Å². The molecule has 0 aliphatic carbocycles. The van der Waals surface area contributed by atoms with E-state index in [2.05, 4.69) is 5.10 Å². The van der Waals surface area contributed by atoms with Crippen LogP contribution in [0.3, 0.4) is 0 Å². The lowest BCUT2D eigenvalue weighted by Crippen LogP contribution is -2.20. The first kappa shape index (κ1) is 18.0. The minimum atomic E-state index is -1.13.